The van der Waals surface area contributed by atoms with Crippen molar-refractivity contribution >= 4 is 31.9 Å². The quantitative estimate of drug-likeness (QED) is 0.675. The van der Waals surface area contributed by atoms with E-state index in [1.807, 2.05) is 0 Å². The zero-order valence-corrected chi connectivity index (χ0v) is 9.37. The Hall–Kier alpha value is 0.960. The van der Waals surface area contributed by atoms with Gasteiger partial charge in [0.05, 0.1) is 3.74 Å². The molecule has 0 radical (unpaired) electrons. The van der Waals surface area contributed by atoms with Gasteiger partial charge in [-0.25, -0.2) is 0 Å². The summed E-state index contributed by atoms with van der Waals surface area (Å²) in [6.45, 7) is 6.74. The monoisotopic (exact) mass is 256 g/mol. The number of halogens is 2. The molecule has 0 aliphatic heterocycles. The van der Waals surface area contributed by atoms with Gasteiger partial charge in [-0.15, -0.1) is 0 Å². The lowest BCUT2D eigenvalue weighted by atomic mass is 10.0. The summed E-state index contributed by atoms with van der Waals surface area (Å²) in [5.74, 6) is 1.53. The molecule has 56 valence electrons. The second-order valence-corrected chi connectivity index (χ2v) is 6.14. The molecule has 0 N–H and O–H groups in total. The average Bonchev–Trinajstić information content (AvgIpc) is 1.63. The van der Waals surface area contributed by atoms with Gasteiger partial charge in [0, 0.05) is 0 Å². The summed E-state index contributed by atoms with van der Waals surface area (Å²) in [6.07, 6.45) is 1.28. The Morgan fingerprint density at radius 1 is 1.11 bits per heavy atom. The van der Waals surface area contributed by atoms with Crippen LogP contribution in [-0.2, 0) is 0 Å². The first kappa shape index (κ1) is 9.96. The summed E-state index contributed by atoms with van der Waals surface area (Å²) in [6, 6.07) is 0. The highest BCUT2D eigenvalue weighted by molar-refractivity contribution is 9.24. The summed E-state index contributed by atoms with van der Waals surface area (Å²) in [7, 11) is 0. The van der Waals surface area contributed by atoms with Crippen molar-refractivity contribution in [3.63, 3.8) is 0 Å². The van der Waals surface area contributed by atoms with E-state index in [9.17, 15) is 0 Å². The topological polar surface area (TPSA) is 0 Å². The molecule has 0 aromatic rings. The van der Waals surface area contributed by atoms with Crippen molar-refractivity contribution in [2.24, 2.45) is 11.8 Å². The molecule has 0 heterocycles. The van der Waals surface area contributed by atoms with Crippen molar-refractivity contribution in [3.8, 4) is 0 Å². The second-order valence-electron chi connectivity index (χ2n) is 2.94. The second kappa shape index (κ2) is 4.73. The fourth-order valence-electron chi connectivity index (χ4n) is 0.846. The maximum atomic E-state index is 3.48. The maximum Gasteiger partial charge on any atom is 0.0723 e. The standard InChI is InChI=1S/C7H14Br2/c1-5(2)4-6(3)7(8)9/h5-7H,4H2,1-3H3. The Bertz CT molecular complexity index is 69.3. The molecule has 0 rings (SSSR count). The molecule has 0 bridgehead atoms. The molecule has 0 amide bonds. The fraction of sp³-hybridized carbons (Fsp3) is 1.00. The van der Waals surface area contributed by atoms with Gasteiger partial charge in [-0.3, -0.25) is 0 Å². The molecule has 0 spiro atoms. The van der Waals surface area contributed by atoms with Crippen LogP contribution in [0.2, 0.25) is 0 Å². The lowest BCUT2D eigenvalue weighted by Gasteiger charge is -2.14. The Kier molecular flexibility index (Phi) is 5.23. The van der Waals surface area contributed by atoms with E-state index in [0.717, 1.165) is 11.8 Å². The van der Waals surface area contributed by atoms with Gasteiger partial charge < -0.3 is 0 Å². The van der Waals surface area contributed by atoms with Gasteiger partial charge in [-0.2, -0.15) is 0 Å². The average molecular weight is 258 g/mol. The van der Waals surface area contributed by atoms with E-state index in [1.165, 1.54) is 6.42 Å². The van der Waals surface area contributed by atoms with Crippen molar-refractivity contribution in [1.29, 1.82) is 0 Å². The zero-order chi connectivity index (χ0) is 7.44. The van der Waals surface area contributed by atoms with Crippen LogP contribution in [-0.4, -0.2) is 3.74 Å². The molecule has 1 atom stereocenters. The summed E-state index contributed by atoms with van der Waals surface area (Å²) in [5, 5.41) is 0. The Morgan fingerprint density at radius 2 is 1.56 bits per heavy atom. The summed E-state index contributed by atoms with van der Waals surface area (Å²) < 4.78 is 0.479. The molecule has 0 aliphatic rings. The molecule has 1 unspecified atom stereocenters. The van der Waals surface area contributed by atoms with E-state index in [0.29, 0.717) is 3.74 Å². The van der Waals surface area contributed by atoms with Crippen molar-refractivity contribution < 1.29 is 0 Å². The van der Waals surface area contributed by atoms with Crippen LogP contribution in [0.15, 0.2) is 0 Å². The molecule has 0 aromatic carbocycles. The van der Waals surface area contributed by atoms with Crippen LogP contribution >= 0.6 is 31.9 Å². The van der Waals surface area contributed by atoms with Crippen LogP contribution < -0.4 is 0 Å². The van der Waals surface area contributed by atoms with Gasteiger partial charge in [0.15, 0.2) is 0 Å². The third-order valence-corrected chi connectivity index (χ3v) is 3.08. The minimum atomic E-state index is 0.479. The molecule has 0 saturated heterocycles. The minimum Gasteiger partial charge on any atom is -0.0762 e. The first-order chi connectivity index (χ1) is 4.04. The van der Waals surface area contributed by atoms with E-state index in [-0.39, 0.29) is 0 Å². The SMILES string of the molecule is CC(C)CC(C)C(Br)Br. The first-order valence-corrected chi connectivity index (χ1v) is 5.15. The highest BCUT2D eigenvalue weighted by Crippen LogP contribution is 2.24. The summed E-state index contributed by atoms with van der Waals surface area (Å²) >= 11 is 6.97. The third-order valence-electron chi connectivity index (χ3n) is 1.27. The van der Waals surface area contributed by atoms with Crippen LogP contribution in [0.3, 0.4) is 0 Å². The van der Waals surface area contributed by atoms with Crippen LogP contribution in [0.4, 0.5) is 0 Å². The van der Waals surface area contributed by atoms with E-state index in [4.69, 9.17) is 0 Å². The zero-order valence-electron chi connectivity index (χ0n) is 6.20. The Balaban J connectivity index is 3.38. The summed E-state index contributed by atoms with van der Waals surface area (Å²) in [4.78, 5) is 0. The third kappa shape index (κ3) is 5.41. The van der Waals surface area contributed by atoms with Gasteiger partial charge in [0.25, 0.3) is 0 Å². The van der Waals surface area contributed by atoms with E-state index in [2.05, 4.69) is 52.6 Å². The van der Waals surface area contributed by atoms with Gasteiger partial charge in [-0.05, 0) is 18.3 Å². The van der Waals surface area contributed by atoms with Crippen molar-refractivity contribution in [2.45, 2.75) is 30.9 Å². The van der Waals surface area contributed by atoms with Gasteiger partial charge in [0.2, 0.25) is 0 Å². The van der Waals surface area contributed by atoms with Gasteiger partial charge in [-0.1, -0.05) is 52.6 Å². The lowest BCUT2D eigenvalue weighted by molar-refractivity contribution is 0.468. The molecular formula is C7H14Br2. The number of rotatable bonds is 3. The van der Waals surface area contributed by atoms with Crippen LogP contribution in [0, 0.1) is 11.8 Å². The van der Waals surface area contributed by atoms with Crippen LogP contribution in [0.25, 0.3) is 0 Å². The molecule has 0 saturated carbocycles. The van der Waals surface area contributed by atoms with Gasteiger partial charge in [0.1, 0.15) is 0 Å². The molecule has 0 aliphatic carbocycles. The van der Waals surface area contributed by atoms with Crippen LogP contribution in [0.1, 0.15) is 27.2 Å². The van der Waals surface area contributed by atoms with Crippen molar-refractivity contribution in [1.82, 2.24) is 0 Å². The van der Waals surface area contributed by atoms with Gasteiger partial charge >= 0.3 is 0 Å². The largest absolute Gasteiger partial charge is 0.0762 e. The molecule has 0 fully saturated rings. The first-order valence-electron chi connectivity index (χ1n) is 3.32. The highest BCUT2D eigenvalue weighted by Gasteiger charge is 2.10. The number of hydrogen-bond donors (Lipinski definition) is 0. The normalized spacial score (nSPS) is 15.0. The maximum absolute atomic E-state index is 3.48. The minimum absolute atomic E-state index is 0.479. The van der Waals surface area contributed by atoms with E-state index >= 15 is 0 Å². The highest BCUT2D eigenvalue weighted by atomic mass is 79.9. The van der Waals surface area contributed by atoms with E-state index < -0.39 is 0 Å². The summed E-state index contributed by atoms with van der Waals surface area (Å²) in [5.41, 5.74) is 0. The van der Waals surface area contributed by atoms with Crippen molar-refractivity contribution in [3.05, 3.63) is 0 Å². The lowest BCUT2D eigenvalue weighted by Crippen LogP contribution is -2.06. The predicted molar refractivity (Wildman–Crippen MR) is 50.3 cm³/mol. The Morgan fingerprint density at radius 3 is 1.67 bits per heavy atom. The predicted octanol–water partition coefficient (Wildman–Crippen LogP) is 3.78. The smallest absolute Gasteiger partial charge is 0.0723 e. The molecule has 0 aromatic heterocycles. The molecular weight excluding hydrogens is 244 g/mol. The number of hydrogen-bond acceptors (Lipinski definition) is 0. The molecule has 0 nitrogen and oxygen atoms in total. The van der Waals surface area contributed by atoms with E-state index in [1.54, 1.807) is 0 Å². The Labute approximate surface area is 74.7 Å². The molecule has 2 heteroatoms. The fourth-order valence-corrected chi connectivity index (χ4v) is 1.28. The number of alkyl halides is 2. The van der Waals surface area contributed by atoms with Crippen molar-refractivity contribution in [2.75, 3.05) is 0 Å². The molecule has 9 heavy (non-hydrogen) atoms. The van der Waals surface area contributed by atoms with Crippen LogP contribution in [0.5, 0.6) is 0 Å².